The van der Waals surface area contributed by atoms with Crippen LogP contribution in [0.3, 0.4) is 0 Å². The molecule has 2 fully saturated rings. The van der Waals surface area contributed by atoms with Crippen LogP contribution in [0.2, 0.25) is 0 Å². The molecule has 1 heterocycles. The molecule has 0 aromatic heterocycles. The van der Waals surface area contributed by atoms with E-state index in [1.54, 1.807) is 0 Å². The quantitative estimate of drug-likeness (QED) is 0.893. The van der Waals surface area contributed by atoms with Gasteiger partial charge >= 0.3 is 0 Å². The van der Waals surface area contributed by atoms with Gasteiger partial charge in [-0.3, -0.25) is 4.90 Å². The third-order valence-electron chi connectivity index (χ3n) is 4.57. The van der Waals surface area contributed by atoms with Gasteiger partial charge in [-0.1, -0.05) is 43.2 Å². The number of rotatable bonds is 5. The third kappa shape index (κ3) is 3.60. The molecule has 1 aromatic rings. The summed E-state index contributed by atoms with van der Waals surface area (Å²) in [4.78, 5) is 2.57. The Balaban J connectivity index is 1.52. The highest BCUT2D eigenvalue weighted by atomic mass is 16.5. The van der Waals surface area contributed by atoms with Crippen LogP contribution in [0.25, 0.3) is 0 Å². The van der Waals surface area contributed by atoms with Gasteiger partial charge < -0.3 is 10.1 Å². The van der Waals surface area contributed by atoms with Crippen LogP contribution in [0.4, 0.5) is 0 Å². The van der Waals surface area contributed by atoms with Crippen molar-refractivity contribution in [2.45, 2.75) is 37.8 Å². The lowest BCUT2D eigenvalue weighted by Gasteiger charge is -2.36. The molecule has 1 aliphatic heterocycles. The van der Waals surface area contributed by atoms with E-state index in [9.17, 15) is 0 Å². The van der Waals surface area contributed by atoms with Crippen molar-refractivity contribution in [2.24, 2.45) is 0 Å². The summed E-state index contributed by atoms with van der Waals surface area (Å²) >= 11 is 0. The molecule has 1 N–H and O–H groups in total. The fourth-order valence-corrected chi connectivity index (χ4v) is 3.41. The molecule has 1 saturated carbocycles. The summed E-state index contributed by atoms with van der Waals surface area (Å²) in [6.45, 7) is 5.19. The number of nitrogens with one attached hydrogen (secondary N) is 1. The van der Waals surface area contributed by atoms with Gasteiger partial charge in [0, 0.05) is 32.2 Å². The van der Waals surface area contributed by atoms with Crippen molar-refractivity contribution < 1.29 is 4.74 Å². The number of benzene rings is 1. The van der Waals surface area contributed by atoms with Gasteiger partial charge in [-0.2, -0.15) is 0 Å². The molecule has 20 heavy (non-hydrogen) atoms. The van der Waals surface area contributed by atoms with Crippen LogP contribution < -0.4 is 5.32 Å². The fourth-order valence-electron chi connectivity index (χ4n) is 3.41. The molecular formula is C17H26N2O. The van der Waals surface area contributed by atoms with Gasteiger partial charge in [-0.05, 0) is 18.4 Å². The molecule has 110 valence electrons. The van der Waals surface area contributed by atoms with E-state index in [0.29, 0.717) is 12.1 Å². The highest BCUT2D eigenvalue weighted by Gasteiger charge is 2.23. The minimum absolute atomic E-state index is 0.497. The summed E-state index contributed by atoms with van der Waals surface area (Å²) in [6.07, 6.45) is 5.77. The van der Waals surface area contributed by atoms with Crippen molar-refractivity contribution in [3.63, 3.8) is 0 Å². The average molecular weight is 274 g/mol. The maximum Gasteiger partial charge on any atom is 0.0597 e. The summed E-state index contributed by atoms with van der Waals surface area (Å²) in [6, 6.07) is 11.3. The van der Waals surface area contributed by atoms with Crippen LogP contribution in [0.15, 0.2) is 30.3 Å². The van der Waals surface area contributed by atoms with Crippen molar-refractivity contribution in [3.05, 3.63) is 35.9 Å². The summed E-state index contributed by atoms with van der Waals surface area (Å²) in [7, 11) is 0. The normalized spacial score (nSPS) is 25.1. The van der Waals surface area contributed by atoms with Gasteiger partial charge in [0.1, 0.15) is 0 Å². The molecule has 0 bridgehead atoms. The summed E-state index contributed by atoms with van der Waals surface area (Å²) in [5.41, 5.74) is 1.42. The van der Waals surface area contributed by atoms with E-state index in [-0.39, 0.29) is 0 Å². The number of hydrogen-bond acceptors (Lipinski definition) is 3. The van der Waals surface area contributed by atoms with Gasteiger partial charge in [-0.15, -0.1) is 0 Å². The molecule has 2 aliphatic rings. The Hall–Kier alpha value is -0.900. The van der Waals surface area contributed by atoms with E-state index < -0.39 is 0 Å². The van der Waals surface area contributed by atoms with Crippen LogP contribution in [0.5, 0.6) is 0 Å². The maximum absolute atomic E-state index is 6.03. The smallest absolute Gasteiger partial charge is 0.0597 e. The average Bonchev–Trinajstić information content (AvgIpc) is 3.02. The Morgan fingerprint density at radius 1 is 1.15 bits per heavy atom. The Bertz CT molecular complexity index is 389. The second-order valence-corrected chi connectivity index (χ2v) is 5.94. The van der Waals surface area contributed by atoms with Crippen LogP contribution in [0.1, 0.15) is 37.3 Å². The lowest BCUT2D eigenvalue weighted by atomic mass is 10.0. The van der Waals surface area contributed by atoms with Gasteiger partial charge in [-0.25, -0.2) is 0 Å². The summed E-state index contributed by atoms with van der Waals surface area (Å²) in [5, 5.41) is 3.51. The molecule has 0 spiro atoms. The summed E-state index contributed by atoms with van der Waals surface area (Å²) in [5.74, 6) is 0. The first kappa shape index (κ1) is 14.1. The van der Waals surface area contributed by atoms with E-state index in [1.165, 1.54) is 31.2 Å². The van der Waals surface area contributed by atoms with Gasteiger partial charge in [0.2, 0.25) is 0 Å². The number of hydrogen-bond donors (Lipinski definition) is 1. The summed E-state index contributed by atoms with van der Waals surface area (Å²) < 4.78 is 6.03. The first-order chi connectivity index (χ1) is 9.93. The van der Waals surface area contributed by atoms with Crippen molar-refractivity contribution >= 4 is 0 Å². The van der Waals surface area contributed by atoms with E-state index in [0.717, 1.165) is 32.8 Å². The number of ether oxygens (including phenoxy) is 1. The van der Waals surface area contributed by atoms with Gasteiger partial charge in [0.05, 0.1) is 12.7 Å². The largest absolute Gasteiger partial charge is 0.377 e. The molecule has 1 saturated heterocycles. The number of piperazine rings is 1. The Labute approximate surface area is 122 Å². The molecular weight excluding hydrogens is 248 g/mol. The molecule has 3 rings (SSSR count). The monoisotopic (exact) mass is 274 g/mol. The molecule has 0 radical (unpaired) electrons. The minimum Gasteiger partial charge on any atom is -0.377 e. The predicted octanol–water partition coefficient (Wildman–Crippen LogP) is 2.59. The second kappa shape index (κ2) is 7.21. The Morgan fingerprint density at radius 2 is 1.95 bits per heavy atom. The SMILES string of the molecule is c1ccc(C2CNCCN2CCOC2CCCC2)cc1. The molecule has 1 atom stereocenters. The zero-order valence-electron chi connectivity index (χ0n) is 12.3. The van der Waals surface area contributed by atoms with Crippen molar-refractivity contribution in [1.82, 2.24) is 10.2 Å². The standard InChI is InChI=1S/C17H26N2O/c1-2-6-15(7-3-1)17-14-18-10-11-19(17)12-13-20-16-8-4-5-9-16/h1-3,6-7,16-18H,4-5,8-14H2. The van der Waals surface area contributed by atoms with Crippen LogP contribution >= 0.6 is 0 Å². The van der Waals surface area contributed by atoms with Gasteiger partial charge in [0.25, 0.3) is 0 Å². The zero-order chi connectivity index (χ0) is 13.6. The molecule has 3 heteroatoms. The molecule has 1 aliphatic carbocycles. The maximum atomic E-state index is 6.03. The van der Waals surface area contributed by atoms with E-state index in [4.69, 9.17) is 4.74 Å². The molecule has 1 unspecified atom stereocenters. The zero-order valence-corrected chi connectivity index (χ0v) is 12.3. The van der Waals surface area contributed by atoms with Crippen molar-refractivity contribution in [1.29, 1.82) is 0 Å². The molecule has 0 amide bonds. The van der Waals surface area contributed by atoms with E-state index >= 15 is 0 Å². The molecule has 1 aromatic carbocycles. The van der Waals surface area contributed by atoms with Gasteiger partial charge in [0.15, 0.2) is 0 Å². The Morgan fingerprint density at radius 3 is 2.75 bits per heavy atom. The van der Waals surface area contributed by atoms with Crippen molar-refractivity contribution in [2.75, 3.05) is 32.8 Å². The lowest BCUT2D eigenvalue weighted by Crippen LogP contribution is -2.47. The van der Waals surface area contributed by atoms with E-state index in [2.05, 4.69) is 40.5 Å². The van der Waals surface area contributed by atoms with Crippen LogP contribution in [-0.2, 0) is 4.74 Å². The third-order valence-corrected chi connectivity index (χ3v) is 4.57. The molecule has 3 nitrogen and oxygen atoms in total. The fraction of sp³-hybridized carbons (Fsp3) is 0.647. The lowest BCUT2D eigenvalue weighted by molar-refractivity contribution is 0.0289. The highest BCUT2D eigenvalue weighted by molar-refractivity contribution is 5.20. The minimum atomic E-state index is 0.497. The first-order valence-electron chi connectivity index (χ1n) is 8.05. The Kier molecular flexibility index (Phi) is 5.06. The van der Waals surface area contributed by atoms with Crippen molar-refractivity contribution in [3.8, 4) is 0 Å². The van der Waals surface area contributed by atoms with Crippen LogP contribution in [-0.4, -0.2) is 43.8 Å². The first-order valence-corrected chi connectivity index (χ1v) is 8.05. The number of nitrogens with zero attached hydrogens (tertiary/aromatic N) is 1. The van der Waals surface area contributed by atoms with Crippen LogP contribution in [0, 0.1) is 0 Å². The highest BCUT2D eigenvalue weighted by Crippen LogP contribution is 2.23. The second-order valence-electron chi connectivity index (χ2n) is 5.94. The van der Waals surface area contributed by atoms with E-state index in [1.807, 2.05) is 0 Å². The predicted molar refractivity (Wildman–Crippen MR) is 81.8 cm³/mol. The topological polar surface area (TPSA) is 24.5 Å².